The first-order valence-corrected chi connectivity index (χ1v) is 6.72. The summed E-state index contributed by atoms with van der Waals surface area (Å²) in [5.41, 5.74) is 5.20. The van der Waals surface area contributed by atoms with Crippen LogP contribution in [0.3, 0.4) is 0 Å². The van der Waals surface area contributed by atoms with E-state index < -0.39 is 5.97 Å². The number of carboxylic acid groups (broad SMARTS) is 1. The van der Waals surface area contributed by atoms with Gasteiger partial charge in [0.05, 0.1) is 17.0 Å². The topological polar surface area (TPSA) is 50.2 Å². The molecule has 0 radical (unpaired) electrons. The molecule has 0 aliphatic heterocycles. The number of rotatable bonds is 3. The van der Waals surface area contributed by atoms with Crippen LogP contribution in [0.2, 0.25) is 0 Å². The number of carboxylic acids is 1. The van der Waals surface area contributed by atoms with E-state index in [1.54, 1.807) is 12.1 Å². The van der Waals surface area contributed by atoms with Gasteiger partial charge in [0.25, 0.3) is 0 Å². The first-order chi connectivity index (χ1) is 9.40. The van der Waals surface area contributed by atoms with Crippen molar-refractivity contribution in [2.24, 2.45) is 0 Å². The number of hydrogen-bond donors (Lipinski definition) is 1. The summed E-state index contributed by atoms with van der Waals surface area (Å²) in [6.45, 7) is 8.05. The quantitative estimate of drug-likeness (QED) is 0.909. The molecule has 1 aromatic heterocycles. The van der Waals surface area contributed by atoms with E-state index in [2.05, 4.69) is 31.0 Å². The van der Waals surface area contributed by atoms with Gasteiger partial charge in [0.1, 0.15) is 0 Å². The third-order valence-electron chi connectivity index (χ3n) is 3.50. The summed E-state index contributed by atoms with van der Waals surface area (Å²) in [6, 6.07) is 9.60. The highest BCUT2D eigenvalue weighted by atomic mass is 16.4. The van der Waals surface area contributed by atoms with Crippen LogP contribution < -0.4 is 0 Å². The number of carbonyl (C=O) groups is 1. The average Bonchev–Trinajstić information content (AvgIpc) is 2.41. The molecule has 1 heterocycles. The van der Waals surface area contributed by atoms with Crippen molar-refractivity contribution >= 4 is 5.97 Å². The molecule has 1 aromatic carbocycles. The predicted octanol–water partition coefficient (Wildman–Crippen LogP) is 4.19. The van der Waals surface area contributed by atoms with Crippen molar-refractivity contribution in [2.75, 3.05) is 0 Å². The van der Waals surface area contributed by atoms with Crippen LogP contribution in [-0.4, -0.2) is 16.1 Å². The fraction of sp³-hybridized carbons (Fsp3) is 0.294. The maximum atomic E-state index is 11.2. The molecule has 0 amide bonds. The van der Waals surface area contributed by atoms with Crippen LogP contribution in [-0.2, 0) is 0 Å². The Morgan fingerprint density at radius 1 is 1.10 bits per heavy atom. The molecule has 0 bridgehead atoms. The van der Waals surface area contributed by atoms with Crippen molar-refractivity contribution in [3.8, 4) is 11.3 Å². The van der Waals surface area contributed by atoms with Gasteiger partial charge in [-0.2, -0.15) is 0 Å². The molecule has 20 heavy (non-hydrogen) atoms. The molecule has 0 atom stereocenters. The van der Waals surface area contributed by atoms with E-state index in [0.717, 1.165) is 11.3 Å². The van der Waals surface area contributed by atoms with E-state index in [9.17, 15) is 9.90 Å². The summed E-state index contributed by atoms with van der Waals surface area (Å²) < 4.78 is 0. The molecule has 3 nitrogen and oxygen atoms in total. The van der Waals surface area contributed by atoms with Crippen LogP contribution >= 0.6 is 0 Å². The fourth-order valence-electron chi connectivity index (χ4n) is 2.16. The van der Waals surface area contributed by atoms with Crippen LogP contribution in [0.5, 0.6) is 0 Å². The Balaban J connectivity index is 2.55. The second-order valence-electron chi connectivity index (χ2n) is 5.39. The van der Waals surface area contributed by atoms with Crippen LogP contribution in [0.1, 0.15) is 46.9 Å². The summed E-state index contributed by atoms with van der Waals surface area (Å²) in [6.07, 6.45) is 0. The molecule has 0 aliphatic rings. The number of hydrogen-bond acceptors (Lipinski definition) is 2. The number of aryl methyl sites for hydroxylation is 2. The second-order valence-corrected chi connectivity index (χ2v) is 5.39. The van der Waals surface area contributed by atoms with Crippen molar-refractivity contribution in [2.45, 2.75) is 33.6 Å². The Kier molecular flexibility index (Phi) is 3.89. The first kappa shape index (κ1) is 14.3. The molecular weight excluding hydrogens is 250 g/mol. The van der Waals surface area contributed by atoms with Gasteiger partial charge in [-0.1, -0.05) is 26.0 Å². The molecule has 0 fully saturated rings. The van der Waals surface area contributed by atoms with E-state index in [0.29, 0.717) is 5.69 Å². The van der Waals surface area contributed by atoms with Crippen molar-refractivity contribution < 1.29 is 9.90 Å². The zero-order chi connectivity index (χ0) is 14.9. The SMILES string of the molecule is Cc1ccc(-c2ccc(C(=O)O)c(C(C)C)n2)cc1C. The molecule has 0 saturated carbocycles. The molecule has 1 N–H and O–H groups in total. The minimum absolute atomic E-state index is 0.0765. The minimum Gasteiger partial charge on any atom is -0.478 e. The fourth-order valence-corrected chi connectivity index (χ4v) is 2.16. The number of aromatic carboxylic acids is 1. The van der Waals surface area contributed by atoms with E-state index >= 15 is 0 Å². The van der Waals surface area contributed by atoms with Crippen molar-refractivity contribution in [3.63, 3.8) is 0 Å². The van der Waals surface area contributed by atoms with Crippen molar-refractivity contribution in [3.05, 3.63) is 52.7 Å². The normalized spacial score (nSPS) is 10.8. The van der Waals surface area contributed by atoms with Crippen LogP contribution in [0.15, 0.2) is 30.3 Å². The Labute approximate surface area is 119 Å². The monoisotopic (exact) mass is 269 g/mol. The second kappa shape index (κ2) is 5.45. The maximum absolute atomic E-state index is 11.2. The largest absolute Gasteiger partial charge is 0.478 e. The van der Waals surface area contributed by atoms with Crippen molar-refractivity contribution in [1.29, 1.82) is 0 Å². The van der Waals surface area contributed by atoms with Gasteiger partial charge < -0.3 is 5.11 Å². The summed E-state index contributed by atoms with van der Waals surface area (Å²) in [7, 11) is 0. The maximum Gasteiger partial charge on any atom is 0.337 e. The number of benzene rings is 1. The minimum atomic E-state index is -0.923. The Bertz CT molecular complexity index is 660. The Morgan fingerprint density at radius 3 is 2.35 bits per heavy atom. The highest BCUT2D eigenvalue weighted by Crippen LogP contribution is 2.25. The van der Waals surface area contributed by atoms with Gasteiger partial charge in [0, 0.05) is 5.56 Å². The lowest BCUT2D eigenvalue weighted by Gasteiger charge is -2.12. The van der Waals surface area contributed by atoms with Gasteiger partial charge in [-0.05, 0) is 49.1 Å². The van der Waals surface area contributed by atoms with Crippen LogP contribution in [0.25, 0.3) is 11.3 Å². The molecular formula is C17H19NO2. The number of pyridine rings is 1. The van der Waals surface area contributed by atoms with Gasteiger partial charge in [0.15, 0.2) is 0 Å². The molecule has 2 rings (SSSR count). The summed E-state index contributed by atoms with van der Waals surface area (Å²) in [5, 5.41) is 9.22. The lowest BCUT2D eigenvalue weighted by Crippen LogP contribution is -2.07. The van der Waals surface area contributed by atoms with Gasteiger partial charge in [-0.15, -0.1) is 0 Å². The lowest BCUT2D eigenvalue weighted by atomic mass is 10.00. The molecule has 2 aromatic rings. The van der Waals surface area contributed by atoms with E-state index in [-0.39, 0.29) is 11.5 Å². The zero-order valence-electron chi connectivity index (χ0n) is 12.3. The lowest BCUT2D eigenvalue weighted by molar-refractivity contribution is 0.0694. The van der Waals surface area contributed by atoms with Gasteiger partial charge in [-0.25, -0.2) is 4.79 Å². The standard InChI is InChI=1S/C17H19NO2/c1-10(2)16-14(17(19)20)7-8-15(18-16)13-6-5-11(3)12(4)9-13/h5-10H,1-4H3,(H,19,20). The zero-order valence-corrected chi connectivity index (χ0v) is 12.3. The van der Waals surface area contributed by atoms with E-state index in [1.165, 1.54) is 11.1 Å². The van der Waals surface area contributed by atoms with Gasteiger partial charge >= 0.3 is 5.97 Å². The summed E-state index contributed by atoms with van der Waals surface area (Å²) in [5.74, 6) is -0.847. The van der Waals surface area contributed by atoms with Crippen LogP contribution in [0.4, 0.5) is 0 Å². The average molecular weight is 269 g/mol. The number of nitrogens with zero attached hydrogens (tertiary/aromatic N) is 1. The van der Waals surface area contributed by atoms with Crippen molar-refractivity contribution in [1.82, 2.24) is 4.98 Å². The van der Waals surface area contributed by atoms with Gasteiger partial charge in [0.2, 0.25) is 0 Å². The first-order valence-electron chi connectivity index (χ1n) is 6.72. The van der Waals surface area contributed by atoms with E-state index in [4.69, 9.17) is 0 Å². The third-order valence-corrected chi connectivity index (χ3v) is 3.50. The van der Waals surface area contributed by atoms with Crippen LogP contribution in [0, 0.1) is 13.8 Å². The molecule has 0 saturated heterocycles. The molecule has 0 unspecified atom stereocenters. The summed E-state index contributed by atoms with van der Waals surface area (Å²) in [4.78, 5) is 15.8. The molecule has 104 valence electrons. The highest BCUT2D eigenvalue weighted by Gasteiger charge is 2.15. The molecule has 0 aliphatic carbocycles. The highest BCUT2D eigenvalue weighted by molar-refractivity contribution is 5.89. The Morgan fingerprint density at radius 2 is 1.80 bits per heavy atom. The number of aromatic nitrogens is 1. The Hall–Kier alpha value is -2.16. The third kappa shape index (κ3) is 2.72. The smallest absolute Gasteiger partial charge is 0.337 e. The van der Waals surface area contributed by atoms with Gasteiger partial charge in [-0.3, -0.25) is 4.98 Å². The predicted molar refractivity (Wildman–Crippen MR) is 80.2 cm³/mol. The summed E-state index contributed by atoms with van der Waals surface area (Å²) >= 11 is 0. The molecule has 3 heteroatoms. The van der Waals surface area contributed by atoms with E-state index in [1.807, 2.05) is 19.9 Å². The molecule has 0 spiro atoms.